The number of urea groups is 1. The zero-order chi connectivity index (χ0) is 15.1. The normalized spacial score (nSPS) is 19.7. The number of carbonyl (C=O) groups excluding carboxylic acids is 2. The molecule has 20 heavy (non-hydrogen) atoms. The summed E-state index contributed by atoms with van der Waals surface area (Å²) in [7, 11) is 0. The molecule has 1 fully saturated rings. The second kappa shape index (κ2) is 4.81. The molecule has 1 aliphatic rings. The van der Waals surface area contributed by atoms with E-state index in [0.29, 0.717) is 4.90 Å². The number of halogens is 3. The van der Waals surface area contributed by atoms with Gasteiger partial charge in [-0.05, 0) is 18.1 Å². The summed E-state index contributed by atoms with van der Waals surface area (Å²) in [5.41, 5.74) is -1.45. The first-order chi connectivity index (χ1) is 9.23. The summed E-state index contributed by atoms with van der Waals surface area (Å²) in [5, 5.41) is 2.40. The number of amides is 3. The first kappa shape index (κ1) is 14.4. The Morgan fingerprint density at radius 1 is 1.20 bits per heavy atom. The van der Waals surface area contributed by atoms with Crippen molar-refractivity contribution in [2.45, 2.75) is 26.1 Å². The van der Waals surface area contributed by atoms with Crippen LogP contribution in [0.1, 0.15) is 19.4 Å². The molecule has 2 rings (SSSR count). The monoisotopic (exact) mass is 286 g/mol. The van der Waals surface area contributed by atoms with Crippen LogP contribution in [0.15, 0.2) is 24.3 Å². The van der Waals surface area contributed by atoms with E-state index >= 15 is 0 Å². The Balaban J connectivity index is 2.48. The van der Waals surface area contributed by atoms with Crippen LogP contribution in [0.4, 0.5) is 23.7 Å². The second-order valence-corrected chi connectivity index (χ2v) is 4.86. The van der Waals surface area contributed by atoms with Gasteiger partial charge < -0.3 is 5.32 Å². The first-order valence-electron chi connectivity index (χ1n) is 6.04. The SMILES string of the molecule is CC(C)C1NC(=O)N(c2ccccc2C(F)(F)F)C1=O. The number of nitrogens with zero attached hydrogens (tertiary/aromatic N) is 1. The molecule has 3 amide bonds. The van der Waals surface area contributed by atoms with E-state index in [1.54, 1.807) is 13.8 Å². The average Bonchev–Trinajstić information content (AvgIpc) is 2.64. The standard InChI is InChI=1S/C13H13F3N2O2/c1-7(2)10-11(19)18(12(20)17-10)9-6-4-3-5-8(9)13(14,15)16/h3-7,10H,1-2H3,(H,17,20). The van der Waals surface area contributed by atoms with Gasteiger partial charge in [-0.25, -0.2) is 9.69 Å². The Morgan fingerprint density at radius 3 is 2.30 bits per heavy atom. The number of nitrogens with one attached hydrogen (secondary N) is 1. The molecule has 108 valence electrons. The van der Waals surface area contributed by atoms with Crippen LogP contribution >= 0.6 is 0 Å². The van der Waals surface area contributed by atoms with Crippen molar-refractivity contribution in [3.8, 4) is 0 Å². The largest absolute Gasteiger partial charge is 0.418 e. The maximum absolute atomic E-state index is 12.9. The fourth-order valence-electron chi connectivity index (χ4n) is 2.09. The molecule has 0 aliphatic carbocycles. The van der Waals surface area contributed by atoms with Gasteiger partial charge in [0.1, 0.15) is 6.04 Å². The van der Waals surface area contributed by atoms with Gasteiger partial charge in [0.25, 0.3) is 5.91 Å². The molecule has 0 radical (unpaired) electrons. The fourth-order valence-corrected chi connectivity index (χ4v) is 2.09. The van der Waals surface area contributed by atoms with Crippen LogP contribution in [0.3, 0.4) is 0 Å². The second-order valence-electron chi connectivity index (χ2n) is 4.86. The summed E-state index contributed by atoms with van der Waals surface area (Å²) in [5.74, 6) is -0.865. The fraction of sp³-hybridized carbons (Fsp3) is 0.385. The van der Waals surface area contributed by atoms with Gasteiger partial charge in [-0.3, -0.25) is 4.79 Å². The number of alkyl halides is 3. The maximum atomic E-state index is 12.9. The van der Waals surface area contributed by atoms with Crippen molar-refractivity contribution in [1.82, 2.24) is 5.32 Å². The molecule has 1 aromatic carbocycles. The van der Waals surface area contributed by atoms with Crippen molar-refractivity contribution in [3.05, 3.63) is 29.8 Å². The third-order valence-electron chi connectivity index (χ3n) is 3.09. The quantitative estimate of drug-likeness (QED) is 0.850. The Hall–Kier alpha value is -2.05. The lowest BCUT2D eigenvalue weighted by Crippen LogP contribution is -2.35. The van der Waals surface area contributed by atoms with Crippen LogP contribution in [0.2, 0.25) is 0 Å². The predicted molar refractivity (Wildman–Crippen MR) is 66.1 cm³/mol. The van der Waals surface area contributed by atoms with Crippen LogP contribution in [0.5, 0.6) is 0 Å². The van der Waals surface area contributed by atoms with E-state index in [1.165, 1.54) is 12.1 Å². The molecule has 0 aromatic heterocycles. The van der Waals surface area contributed by atoms with Gasteiger partial charge in [-0.2, -0.15) is 13.2 Å². The lowest BCUT2D eigenvalue weighted by molar-refractivity contribution is -0.137. The van der Waals surface area contributed by atoms with Gasteiger partial charge in [0.15, 0.2) is 0 Å². The van der Waals surface area contributed by atoms with Crippen molar-refractivity contribution < 1.29 is 22.8 Å². The van der Waals surface area contributed by atoms with E-state index in [0.717, 1.165) is 12.1 Å². The highest BCUT2D eigenvalue weighted by atomic mass is 19.4. The van der Waals surface area contributed by atoms with Gasteiger partial charge >= 0.3 is 12.2 Å². The first-order valence-corrected chi connectivity index (χ1v) is 6.04. The number of benzene rings is 1. The topological polar surface area (TPSA) is 49.4 Å². The smallest absolute Gasteiger partial charge is 0.325 e. The van der Waals surface area contributed by atoms with Crippen molar-refractivity contribution in [1.29, 1.82) is 0 Å². The average molecular weight is 286 g/mol. The summed E-state index contributed by atoms with van der Waals surface area (Å²) in [6.07, 6.45) is -4.63. The Labute approximate surface area is 113 Å². The summed E-state index contributed by atoms with van der Waals surface area (Å²) in [4.78, 5) is 24.5. The molecule has 0 spiro atoms. The molecular weight excluding hydrogens is 273 g/mol. The van der Waals surface area contributed by atoms with Crippen molar-refractivity contribution >= 4 is 17.6 Å². The van der Waals surface area contributed by atoms with E-state index in [2.05, 4.69) is 5.32 Å². The van der Waals surface area contributed by atoms with Gasteiger partial charge in [0, 0.05) is 0 Å². The number of carbonyl (C=O) groups is 2. The summed E-state index contributed by atoms with van der Waals surface area (Å²) in [6.45, 7) is 3.42. The number of hydrogen-bond donors (Lipinski definition) is 1. The van der Waals surface area contributed by atoms with Gasteiger partial charge in [0.05, 0.1) is 11.3 Å². The van der Waals surface area contributed by atoms with E-state index in [1.807, 2.05) is 0 Å². The molecule has 0 saturated carbocycles. The zero-order valence-electron chi connectivity index (χ0n) is 10.9. The van der Waals surface area contributed by atoms with Gasteiger partial charge in [-0.15, -0.1) is 0 Å². The van der Waals surface area contributed by atoms with Crippen molar-refractivity contribution in [2.24, 2.45) is 5.92 Å². The van der Waals surface area contributed by atoms with Gasteiger partial charge in [-0.1, -0.05) is 26.0 Å². The lowest BCUT2D eigenvalue weighted by atomic mass is 10.0. The molecule has 1 aromatic rings. The number of hydrogen-bond acceptors (Lipinski definition) is 2. The maximum Gasteiger partial charge on any atom is 0.418 e. The minimum absolute atomic E-state index is 0.200. The van der Waals surface area contributed by atoms with E-state index in [-0.39, 0.29) is 5.92 Å². The van der Waals surface area contributed by atoms with Crippen LogP contribution < -0.4 is 10.2 Å². The minimum atomic E-state index is -4.63. The third kappa shape index (κ3) is 2.35. The van der Waals surface area contributed by atoms with E-state index in [4.69, 9.17) is 0 Å². The highest BCUT2D eigenvalue weighted by Gasteiger charge is 2.44. The summed E-state index contributed by atoms with van der Waals surface area (Å²) < 4.78 is 38.8. The Morgan fingerprint density at radius 2 is 1.80 bits per heavy atom. The Bertz CT molecular complexity index is 555. The minimum Gasteiger partial charge on any atom is -0.325 e. The number of imide groups is 1. The number of rotatable bonds is 2. The number of anilines is 1. The molecule has 1 atom stereocenters. The van der Waals surface area contributed by atoms with Crippen LogP contribution in [0.25, 0.3) is 0 Å². The van der Waals surface area contributed by atoms with Gasteiger partial charge in [0.2, 0.25) is 0 Å². The molecule has 1 unspecified atom stereocenters. The number of para-hydroxylation sites is 1. The van der Waals surface area contributed by atoms with Crippen LogP contribution in [-0.4, -0.2) is 18.0 Å². The third-order valence-corrected chi connectivity index (χ3v) is 3.09. The van der Waals surface area contributed by atoms with E-state index in [9.17, 15) is 22.8 Å². The molecule has 7 heteroatoms. The van der Waals surface area contributed by atoms with Crippen molar-refractivity contribution in [3.63, 3.8) is 0 Å². The molecule has 1 N–H and O–H groups in total. The highest BCUT2D eigenvalue weighted by molar-refractivity contribution is 6.21. The molecule has 1 aliphatic heterocycles. The summed E-state index contributed by atoms with van der Waals surface area (Å²) >= 11 is 0. The predicted octanol–water partition coefficient (Wildman–Crippen LogP) is 2.79. The molecule has 1 heterocycles. The molecule has 0 bridgehead atoms. The van der Waals surface area contributed by atoms with Crippen LogP contribution in [0, 0.1) is 5.92 Å². The van der Waals surface area contributed by atoms with E-state index < -0.39 is 35.4 Å². The molecule has 4 nitrogen and oxygen atoms in total. The van der Waals surface area contributed by atoms with Crippen LogP contribution in [-0.2, 0) is 11.0 Å². The zero-order valence-corrected chi connectivity index (χ0v) is 10.9. The summed E-state index contributed by atoms with van der Waals surface area (Å²) in [6, 6.07) is 2.90. The highest BCUT2D eigenvalue weighted by Crippen LogP contribution is 2.37. The lowest BCUT2D eigenvalue weighted by Gasteiger charge is -2.19. The molecular formula is C13H13F3N2O2. The Kier molecular flexibility index (Phi) is 3.45. The van der Waals surface area contributed by atoms with Crippen molar-refractivity contribution in [2.75, 3.05) is 4.90 Å². The molecule has 1 saturated heterocycles.